The van der Waals surface area contributed by atoms with Crippen molar-refractivity contribution in [1.82, 2.24) is 14.5 Å². The third-order valence-electron chi connectivity index (χ3n) is 4.29. The fourth-order valence-electron chi connectivity index (χ4n) is 3.02. The average Bonchev–Trinajstić information content (AvgIpc) is 2.47. The van der Waals surface area contributed by atoms with E-state index in [0.717, 1.165) is 65.0 Å². The van der Waals surface area contributed by atoms with Gasteiger partial charge in [0, 0.05) is 45.7 Å². The van der Waals surface area contributed by atoms with Crippen LogP contribution >= 0.6 is 0 Å². The molecule has 2 saturated heterocycles. The summed E-state index contributed by atoms with van der Waals surface area (Å²) >= 11 is 0. The van der Waals surface area contributed by atoms with Crippen molar-refractivity contribution in [2.75, 3.05) is 58.7 Å². The number of hydrogen-bond acceptors (Lipinski definition) is 5. The van der Waals surface area contributed by atoms with Crippen LogP contribution in [0.2, 0.25) is 0 Å². The first-order valence-corrected chi connectivity index (χ1v) is 9.86. The minimum atomic E-state index is -3.21. The first kappa shape index (κ1) is 17.7. The predicted molar refractivity (Wildman–Crippen MR) is 84.0 cm³/mol. The molecule has 0 atom stereocenters. The predicted octanol–water partition coefficient (Wildman–Crippen LogP) is -0.503. The van der Waals surface area contributed by atoms with Crippen molar-refractivity contribution < 1.29 is 17.9 Å². The Bertz CT molecular complexity index is 455. The van der Waals surface area contributed by atoms with Crippen LogP contribution in [0.25, 0.3) is 0 Å². The summed E-state index contributed by atoms with van der Waals surface area (Å²) in [7, 11) is -3.21. The van der Waals surface area contributed by atoms with Gasteiger partial charge in [0.15, 0.2) is 0 Å². The van der Waals surface area contributed by atoms with Crippen LogP contribution in [0.3, 0.4) is 0 Å². The van der Waals surface area contributed by atoms with Crippen molar-refractivity contribution in [3.63, 3.8) is 0 Å². The molecule has 2 rings (SSSR count). The molecule has 22 heavy (non-hydrogen) atoms. The molecule has 0 aliphatic carbocycles. The van der Waals surface area contributed by atoms with E-state index in [1.807, 2.05) is 4.90 Å². The van der Waals surface area contributed by atoms with E-state index in [1.165, 1.54) is 0 Å². The van der Waals surface area contributed by atoms with Gasteiger partial charge in [-0.2, -0.15) is 0 Å². The summed E-state index contributed by atoms with van der Waals surface area (Å²) in [5.41, 5.74) is 0. The molecule has 0 unspecified atom stereocenters. The lowest BCUT2D eigenvalue weighted by Gasteiger charge is -2.36. The molecule has 0 spiro atoms. The molecule has 2 aliphatic heterocycles. The molecule has 8 heteroatoms. The molecular formula is C14H27N3O4S. The Morgan fingerprint density at radius 3 is 2.41 bits per heavy atom. The Hall–Kier alpha value is -0.700. The van der Waals surface area contributed by atoms with Gasteiger partial charge in [-0.15, -0.1) is 0 Å². The van der Waals surface area contributed by atoms with Crippen LogP contribution in [0, 0.1) is 5.92 Å². The summed E-state index contributed by atoms with van der Waals surface area (Å²) in [5.74, 6) is 0.692. The molecule has 0 radical (unpaired) electrons. The van der Waals surface area contributed by atoms with Gasteiger partial charge in [-0.3, -0.25) is 9.69 Å². The molecule has 2 fully saturated rings. The average molecular weight is 333 g/mol. The molecule has 0 aromatic carbocycles. The third kappa shape index (κ3) is 6.20. The number of carbonyl (C=O) groups excluding carboxylic acids is 1. The number of nitrogens with zero attached hydrogens (tertiary/aromatic N) is 2. The lowest BCUT2D eigenvalue weighted by atomic mass is 9.96. The van der Waals surface area contributed by atoms with Gasteiger partial charge in [0.25, 0.3) is 0 Å². The Labute approximate surface area is 133 Å². The number of likely N-dealkylation sites (tertiary alicyclic amines) is 1. The van der Waals surface area contributed by atoms with Crippen molar-refractivity contribution in [2.45, 2.75) is 19.3 Å². The van der Waals surface area contributed by atoms with Crippen molar-refractivity contribution in [1.29, 1.82) is 0 Å². The van der Waals surface area contributed by atoms with Gasteiger partial charge in [0.05, 0.1) is 19.5 Å². The van der Waals surface area contributed by atoms with Crippen molar-refractivity contribution in [3.05, 3.63) is 0 Å². The number of amides is 1. The zero-order valence-electron chi connectivity index (χ0n) is 13.3. The second-order valence-corrected chi connectivity index (χ2v) is 7.99. The Kier molecular flexibility index (Phi) is 6.61. The van der Waals surface area contributed by atoms with Gasteiger partial charge in [-0.1, -0.05) is 0 Å². The van der Waals surface area contributed by atoms with Gasteiger partial charge in [0.2, 0.25) is 15.9 Å². The van der Waals surface area contributed by atoms with Gasteiger partial charge < -0.3 is 9.64 Å². The molecule has 0 aromatic rings. The summed E-state index contributed by atoms with van der Waals surface area (Å²) in [4.78, 5) is 16.4. The van der Waals surface area contributed by atoms with E-state index in [1.54, 1.807) is 0 Å². The second kappa shape index (κ2) is 8.24. The molecule has 128 valence electrons. The number of sulfonamides is 1. The molecule has 0 aromatic heterocycles. The minimum Gasteiger partial charge on any atom is -0.379 e. The van der Waals surface area contributed by atoms with E-state index >= 15 is 0 Å². The third-order valence-corrected chi connectivity index (χ3v) is 5.02. The maximum absolute atomic E-state index is 12.0. The zero-order valence-corrected chi connectivity index (χ0v) is 14.1. The molecule has 2 aliphatic rings. The summed E-state index contributed by atoms with van der Waals surface area (Å²) in [6.07, 6.45) is 3.40. The zero-order chi connectivity index (χ0) is 16.0. The van der Waals surface area contributed by atoms with E-state index < -0.39 is 10.0 Å². The monoisotopic (exact) mass is 333 g/mol. The number of morpholine rings is 1. The Balaban J connectivity index is 1.64. The van der Waals surface area contributed by atoms with Crippen molar-refractivity contribution >= 4 is 15.9 Å². The normalized spacial score (nSPS) is 22.0. The highest BCUT2D eigenvalue weighted by Gasteiger charge is 2.24. The molecule has 7 nitrogen and oxygen atoms in total. The van der Waals surface area contributed by atoms with Crippen LogP contribution < -0.4 is 4.72 Å². The van der Waals surface area contributed by atoms with Crippen LogP contribution in [-0.4, -0.2) is 82.9 Å². The highest BCUT2D eigenvalue weighted by Crippen LogP contribution is 2.19. The largest absolute Gasteiger partial charge is 0.379 e. The maximum Gasteiger partial charge on any atom is 0.223 e. The van der Waals surface area contributed by atoms with E-state index in [0.29, 0.717) is 5.92 Å². The van der Waals surface area contributed by atoms with Gasteiger partial charge >= 0.3 is 0 Å². The van der Waals surface area contributed by atoms with Crippen LogP contribution in [0.15, 0.2) is 0 Å². The fraction of sp³-hybridized carbons (Fsp3) is 0.929. The van der Waals surface area contributed by atoms with E-state index in [9.17, 15) is 13.2 Å². The summed E-state index contributed by atoms with van der Waals surface area (Å²) < 4.78 is 29.7. The molecule has 0 bridgehead atoms. The Morgan fingerprint density at radius 1 is 1.18 bits per heavy atom. The quantitative estimate of drug-likeness (QED) is 0.709. The summed E-state index contributed by atoms with van der Waals surface area (Å²) in [6.45, 7) is 6.52. The molecular weight excluding hydrogens is 306 g/mol. The second-order valence-electron chi connectivity index (χ2n) is 6.15. The number of piperidine rings is 1. The highest BCUT2D eigenvalue weighted by atomic mass is 32.2. The van der Waals surface area contributed by atoms with Crippen LogP contribution in [0.1, 0.15) is 19.3 Å². The summed E-state index contributed by atoms with van der Waals surface area (Å²) in [6, 6.07) is 0. The van der Waals surface area contributed by atoms with Gasteiger partial charge in [0.1, 0.15) is 0 Å². The first-order chi connectivity index (χ1) is 10.4. The number of hydrogen-bond donors (Lipinski definition) is 1. The Morgan fingerprint density at radius 2 is 1.82 bits per heavy atom. The smallest absolute Gasteiger partial charge is 0.223 e. The van der Waals surface area contributed by atoms with Crippen molar-refractivity contribution in [3.8, 4) is 0 Å². The van der Waals surface area contributed by atoms with Crippen molar-refractivity contribution in [2.24, 2.45) is 5.92 Å². The highest BCUT2D eigenvalue weighted by molar-refractivity contribution is 7.88. The minimum absolute atomic E-state index is 0.0426. The van der Waals surface area contributed by atoms with E-state index in [4.69, 9.17) is 4.74 Å². The number of rotatable bonds is 6. The SMILES string of the molecule is CS(=O)(=O)NCCC(=O)N1CCC(CN2CCOCC2)CC1. The van der Waals surface area contributed by atoms with Crippen LogP contribution in [-0.2, 0) is 19.6 Å². The standard InChI is InChI=1S/C14H27N3O4S/c1-22(19,20)15-5-2-14(18)17-6-3-13(4-7-17)12-16-8-10-21-11-9-16/h13,15H,2-12H2,1H3. The number of ether oxygens (including phenoxy) is 1. The van der Waals surface area contributed by atoms with E-state index in [-0.39, 0.29) is 18.9 Å². The molecule has 1 N–H and O–H groups in total. The maximum atomic E-state index is 12.0. The van der Waals surface area contributed by atoms with Crippen LogP contribution in [0.4, 0.5) is 0 Å². The molecule has 0 saturated carbocycles. The van der Waals surface area contributed by atoms with Gasteiger partial charge in [-0.25, -0.2) is 13.1 Å². The first-order valence-electron chi connectivity index (χ1n) is 7.96. The summed E-state index contributed by atoms with van der Waals surface area (Å²) in [5, 5.41) is 0. The number of carbonyl (C=O) groups is 1. The molecule has 1 amide bonds. The van der Waals surface area contributed by atoms with Gasteiger partial charge in [-0.05, 0) is 18.8 Å². The number of nitrogens with one attached hydrogen (secondary N) is 1. The lowest BCUT2D eigenvalue weighted by Crippen LogP contribution is -2.44. The van der Waals surface area contributed by atoms with Crippen LogP contribution in [0.5, 0.6) is 0 Å². The molecule has 2 heterocycles. The lowest BCUT2D eigenvalue weighted by molar-refractivity contribution is -0.132. The fourth-order valence-corrected chi connectivity index (χ4v) is 3.49. The topological polar surface area (TPSA) is 79.0 Å². The van der Waals surface area contributed by atoms with E-state index in [2.05, 4.69) is 9.62 Å².